The van der Waals surface area contributed by atoms with Crippen LogP contribution >= 0.6 is 0 Å². The molecule has 0 rings (SSSR count). The van der Waals surface area contributed by atoms with Gasteiger partial charge in [-0.1, -0.05) is 79.1 Å². The molecule has 176 valence electrons. The zero-order valence-corrected chi connectivity index (χ0v) is 24.0. The van der Waals surface area contributed by atoms with E-state index in [4.69, 9.17) is 0 Å². The zero-order valence-electron chi connectivity index (χ0n) is 22.0. The average Bonchev–Trinajstić information content (AvgIpc) is 2.54. The van der Waals surface area contributed by atoms with E-state index in [-0.39, 0.29) is 11.1 Å². The van der Waals surface area contributed by atoms with Crippen molar-refractivity contribution in [3.8, 4) is 0 Å². The Balaban J connectivity index is -0.000000352. The molecule has 0 aliphatic rings. The van der Waals surface area contributed by atoms with Crippen molar-refractivity contribution in [2.24, 2.45) is 18.8 Å². The second-order valence-corrected chi connectivity index (χ2v) is 11.7. The molecule has 0 unspecified atom stereocenters. The van der Waals surface area contributed by atoms with Crippen molar-refractivity contribution in [1.82, 2.24) is 0 Å². The molecule has 0 aliphatic heterocycles. The number of hydrogen-bond donors (Lipinski definition) is 0. The molecule has 4 nitrogen and oxygen atoms in total. The molecule has 0 amide bonds. The first-order chi connectivity index (χ1) is 13.2. The Kier molecular flexibility index (Phi) is 25.0. The molecule has 0 N–H and O–H groups in total. The molecule has 0 aliphatic carbocycles. The molecule has 29 heavy (non-hydrogen) atoms. The predicted octanol–water partition coefficient (Wildman–Crippen LogP) is 8.67. The van der Waals surface area contributed by atoms with Gasteiger partial charge >= 0.3 is 77.8 Å². The third-order valence-corrected chi connectivity index (χ3v) is 6.05. The van der Waals surface area contributed by atoms with E-state index in [2.05, 4.69) is 101 Å². The van der Waals surface area contributed by atoms with E-state index in [0.29, 0.717) is 0 Å². The SMILES string of the molecule is CC(C)(C)[N]=[Mo+2]=[N]C(C)(C)C.CCCC[N-]CC(C)C.CCCC[N-]CC(C)C. The molecule has 0 fully saturated rings. The van der Waals surface area contributed by atoms with Crippen molar-refractivity contribution >= 4 is 0 Å². The number of nitrogens with zero attached hydrogens (tertiary/aromatic N) is 4. The predicted molar refractivity (Wildman–Crippen MR) is 130 cm³/mol. The Labute approximate surface area is 193 Å². The van der Waals surface area contributed by atoms with Crippen molar-refractivity contribution in [2.45, 2.75) is 120 Å². The summed E-state index contributed by atoms with van der Waals surface area (Å²) in [6.07, 6.45) is 5.04. The first kappa shape index (κ1) is 33.8. The minimum absolute atomic E-state index is 0.108. The van der Waals surface area contributed by atoms with Crippen LogP contribution in [-0.4, -0.2) is 37.3 Å². The van der Waals surface area contributed by atoms with Crippen LogP contribution in [0, 0.1) is 11.8 Å². The van der Waals surface area contributed by atoms with Gasteiger partial charge in [-0.2, -0.15) is 0 Å². The van der Waals surface area contributed by atoms with Crippen LogP contribution in [0.15, 0.2) is 6.99 Å². The van der Waals surface area contributed by atoms with Crippen molar-refractivity contribution in [1.29, 1.82) is 0 Å². The van der Waals surface area contributed by atoms with E-state index in [1.54, 1.807) is 0 Å². The van der Waals surface area contributed by atoms with Gasteiger partial charge in [0.05, 0.1) is 0 Å². The number of unbranched alkanes of at least 4 members (excludes halogenated alkanes) is 2. The summed E-state index contributed by atoms with van der Waals surface area (Å²) in [5, 5.41) is 8.72. The summed E-state index contributed by atoms with van der Waals surface area (Å²) in [5.41, 5.74) is 0.216. The van der Waals surface area contributed by atoms with Crippen LogP contribution in [0.5, 0.6) is 0 Å². The molecule has 0 aromatic rings. The van der Waals surface area contributed by atoms with Crippen LogP contribution < -0.4 is 0 Å². The zero-order chi connectivity index (χ0) is 23.3. The summed E-state index contributed by atoms with van der Waals surface area (Å²) in [5.74, 6) is 1.48. The van der Waals surface area contributed by atoms with Crippen LogP contribution in [0.3, 0.4) is 0 Å². The van der Waals surface area contributed by atoms with Gasteiger partial charge in [-0.25, -0.2) is 0 Å². The summed E-state index contributed by atoms with van der Waals surface area (Å²) < 4.78 is 9.01. The molecule has 0 saturated carbocycles. The fourth-order valence-corrected chi connectivity index (χ4v) is 2.81. The fraction of sp³-hybridized carbons (Fsp3) is 1.00. The normalized spacial score (nSPS) is 11.2. The van der Waals surface area contributed by atoms with Crippen LogP contribution in [-0.2, 0) is 18.2 Å². The molecule has 0 heterocycles. The van der Waals surface area contributed by atoms with Crippen molar-refractivity contribution < 1.29 is 18.2 Å². The van der Waals surface area contributed by atoms with E-state index in [0.717, 1.165) is 38.0 Å². The molecule has 0 atom stereocenters. The van der Waals surface area contributed by atoms with Gasteiger partial charge in [-0.3, -0.25) is 0 Å². The van der Waals surface area contributed by atoms with Gasteiger partial charge in [-0.15, -0.1) is 26.2 Å². The molecule has 0 spiro atoms. The Hall–Kier alpha value is 0.208. The van der Waals surface area contributed by atoms with Crippen LogP contribution in [0.4, 0.5) is 0 Å². The van der Waals surface area contributed by atoms with Crippen molar-refractivity contribution in [2.75, 3.05) is 26.2 Å². The second-order valence-electron chi connectivity index (χ2n) is 10.4. The van der Waals surface area contributed by atoms with E-state index >= 15 is 0 Å². The molecule has 5 heteroatoms. The maximum Gasteiger partial charge on any atom is -0.0578 e. The smallest absolute Gasteiger partial charge is 0.0578 e. The second kappa shape index (κ2) is 21.4. The van der Waals surface area contributed by atoms with Crippen molar-refractivity contribution in [3.63, 3.8) is 0 Å². The third kappa shape index (κ3) is 47.4. The number of hydrogen-bond acceptors (Lipinski definition) is 2. The summed E-state index contributed by atoms with van der Waals surface area (Å²) in [6, 6.07) is 0. The van der Waals surface area contributed by atoms with E-state index in [1.807, 2.05) is 0 Å². The molecule has 0 aromatic heterocycles. The molecule has 0 saturated heterocycles. The van der Waals surface area contributed by atoms with Gasteiger partial charge in [0.15, 0.2) is 0 Å². The average molecular weight is 495 g/mol. The molecule has 0 radical (unpaired) electrons. The summed E-state index contributed by atoms with van der Waals surface area (Å²) in [6.45, 7) is 30.2. The Morgan fingerprint density at radius 1 is 0.655 bits per heavy atom. The monoisotopic (exact) mass is 496 g/mol. The quantitative estimate of drug-likeness (QED) is 0.215. The maximum absolute atomic E-state index is 4.51. The van der Waals surface area contributed by atoms with Gasteiger partial charge < -0.3 is 10.6 Å². The molecular formula is C24H54MoN4. The topological polar surface area (TPSA) is 52.9 Å². The summed E-state index contributed by atoms with van der Waals surface area (Å²) in [7, 11) is 0. The van der Waals surface area contributed by atoms with Gasteiger partial charge in [0.25, 0.3) is 0 Å². The first-order valence-corrected chi connectivity index (χ1v) is 13.4. The molecule has 0 bridgehead atoms. The summed E-state index contributed by atoms with van der Waals surface area (Å²) in [4.78, 5) is 0. The Morgan fingerprint density at radius 3 is 1.17 bits per heavy atom. The Morgan fingerprint density at radius 2 is 0.966 bits per heavy atom. The Bertz CT molecular complexity index is 353. The minimum atomic E-state index is -0.473. The number of rotatable bonds is 10. The van der Waals surface area contributed by atoms with E-state index < -0.39 is 18.2 Å². The molecular weight excluding hydrogens is 440 g/mol. The standard InChI is InChI=1S/2C8H18N.2C4H9N.Mo/c2*1-4-5-6-9-7-8(2)3;2*1-4(2,3)5;/h2*8H,4-7H2,1-3H3;2*1-3H3;/q2*-1;;;+2. The van der Waals surface area contributed by atoms with Gasteiger partial charge in [0.1, 0.15) is 0 Å². The fourth-order valence-electron chi connectivity index (χ4n) is 1.50. The van der Waals surface area contributed by atoms with Gasteiger partial charge in [0, 0.05) is 0 Å². The minimum Gasteiger partial charge on any atom is -0.662 e. The third-order valence-electron chi connectivity index (χ3n) is 2.96. The van der Waals surface area contributed by atoms with E-state index in [1.165, 1.54) is 25.7 Å². The van der Waals surface area contributed by atoms with Crippen LogP contribution in [0.25, 0.3) is 10.6 Å². The van der Waals surface area contributed by atoms with E-state index in [9.17, 15) is 0 Å². The largest absolute Gasteiger partial charge is 0.662 e. The summed E-state index contributed by atoms with van der Waals surface area (Å²) >= 11 is -0.473. The van der Waals surface area contributed by atoms with Gasteiger partial charge in [-0.05, 0) is 0 Å². The van der Waals surface area contributed by atoms with Crippen molar-refractivity contribution in [3.05, 3.63) is 10.6 Å². The molecule has 0 aromatic carbocycles. The van der Waals surface area contributed by atoms with Crippen LogP contribution in [0.1, 0.15) is 109 Å². The first-order valence-electron chi connectivity index (χ1n) is 11.6. The van der Waals surface area contributed by atoms with Gasteiger partial charge in [0.2, 0.25) is 0 Å². The van der Waals surface area contributed by atoms with Crippen LogP contribution in [0.2, 0.25) is 0 Å². The maximum atomic E-state index is 4.51.